The third-order valence-electron chi connectivity index (χ3n) is 4.03. The Hall–Kier alpha value is -1.65. The lowest BCUT2D eigenvalue weighted by atomic mass is 9.76. The maximum absolute atomic E-state index is 12.3. The van der Waals surface area contributed by atoms with E-state index in [0.29, 0.717) is 17.5 Å². The topological polar surface area (TPSA) is 63.4 Å². The molecule has 0 unspecified atom stereocenters. The number of hydrogen-bond acceptors (Lipinski definition) is 4. The highest BCUT2D eigenvalue weighted by Crippen LogP contribution is 2.41. The van der Waals surface area contributed by atoms with Crippen molar-refractivity contribution in [3.8, 4) is 0 Å². The van der Waals surface area contributed by atoms with Gasteiger partial charge in [-0.25, -0.2) is 4.90 Å². The summed E-state index contributed by atoms with van der Waals surface area (Å²) in [6.45, 7) is 3.88. The Morgan fingerprint density at radius 2 is 2.00 bits per heavy atom. The van der Waals surface area contributed by atoms with Gasteiger partial charge in [-0.05, 0) is 32.1 Å². The van der Waals surface area contributed by atoms with E-state index in [9.17, 15) is 9.59 Å². The number of anilines is 1. The highest BCUT2D eigenvalue weighted by molar-refractivity contribution is 6.21. The standard InChI is InChI=1S/C13H16N2O3/c1-7-3-4-9-10(5-7)13(17)15(12(9)16)11-6-8(2)18-14-11/h6-7,9-10H,3-5H2,1-2H3/t7-,9-,10-/m0/s1. The van der Waals surface area contributed by atoms with Crippen LogP contribution < -0.4 is 4.90 Å². The van der Waals surface area contributed by atoms with Crippen molar-refractivity contribution in [1.29, 1.82) is 0 Å². The molecule has 2 heterocycles. The summed E-state index contributed by atoms with van der Waals surface area (Å²) in [5.41, 5.74) is 0. The van der Waals surface area contributed by atoms with E-state index in [1.807, 2.05) is 0 Å². The second-order valence-corrected chi connectivity index (χ2v) is 5.44. The van der Waals surface area contributed by atoms with E-state index in [2.05, 4.69) is 12.1 Å². The summed E-state index contributed by atoms with van der Waals surface area (Å²) in [5, 5.41) is 3.78. The maximum atomic E-state index is 12.3. The summed E-state index contributed by atoms with van der Waals surface area (Å²) in [7, 11) is 0. The molecule has 1 saturated heterocycles. The van der Waals surface area contributed by atoms with Crippen LogP contribution in [0.15, 0.2) is 10.6 Å². The summed E-state index contributed by atoms with van der Waals surface area (Å²) >= 11 is 0. The minimum Gasteiger partial charge on any atom is -0.360 e. The van der Waals surface area contributed by atoms with Crippen molar-refractivity contribution in [2.24, 2.45) is 17.8 Å². The first-order valence-corrected chi connectivity index (χ1v) is 6.39. The van der Waals surface area contributed by atoms with Gasteiger partial charge in [-0.3, -0.25) is 9.59 Å². The van der Waals surface area contributed by atoms with Crippen LogP contribution in [0.3, 0.4) is 0 Å². The van der Waals surface area contributed by atoms with Gasteiger partial charge in [0.15, 0.2) is 5.82 Å². The van der Waals surface area contributed by atoms with Crippen LogP contribution >= 0.6 is 0 Å². The number of carbonyl (C=O) groups is 2. The largest absolute Gasteiger partial charge is 0.360 e. The molecular weight excluding hydrogens is 232 g/mol. The van der Waals surface area contributed by atoms with E-state index in [-0.39, 0.29) is 23.7 Å². The molecule has 1 aromatic rings. The maximum Gasteiger partial charge on any atom is 0.239 e. The van der Waals surface area contributed by atoms with Crippen LogP contribution in [0, 0.1) is 24.7 Å². The molecule has 1 aliphatic carbocycles. The third kappa shape index (κ3) is 1.57. The quantitative estimate of drug-likeness (QED) is 0.712. The van der Waals surface area contributed by atoms with Crippen molar-refractivity contribution >= 4 is 17.6 Å². The summed E-state index contributed by atoms with van der Waals surface area (Å²) < 4.78 is 4.95. The normalized spacial score (nSPS) is 31.9. The fraction of sp³-hybridized carbons (Fsp3) is 0.615. The van der Waals surface area contributed by atoms with Gasteiger partial charge in [0, 0.05) is 6.07 Å². The molecule has 18 heavy (non-hydrogen) atoms. The first-order valence-electron chi connectivity index (χ1n) is 6.39. The van der Waals surface area contributed by atoms with Gasteiger partial charge in [0.2, 0.25) is 11.8 Å². The van der Waals surface area contributed by atoms with Crippen molar-refractivity contribution in [3.63, 3.8) is 0 Å². The zero-order valence-corrected chi connectivity index (χ0v) is 10.5. The average molecular weight is 248 g/mol. The minimum atomic E-state index is -0.154. The van der Waals surface area contributed by atoms with Crippen LogP contribution in [0.4, 0.5) is 5.82 Å². The number of aryl methyl sites for hydroxylation is 1. The highest BCUT2D eigenvalue weighted by Gasteiger charge is 2.50. The lowest BCUT2D eigenvalue weighted by Crippen LogP contribution is -2.31. The molecule has 0 radical (unpaired) electrons. The third-order valence-corrected chi connectivity index (χ3v) is 4.03. The molecule has 96 valence electrons. The zero-order chi connectivity index (χ0) is 12.9. The number of aromatic nitrogens is 1. The molecule has 3 atom stereocenters. The summed E-state index contributed by atoms with van der Waals surface area (Å²) in [6.07, 6.45) is 2.64. The molecule has 2 amide bonds. The Kier molecular flexibility index (Phi) is 2.50. The van der Waals surface area contributed by atoms with Crippen molar-refractivity contribution in [2.45, 2.75) is 33.1 Å². The predicted octanol–water partition coefficient (Wildman–Crippen LogP) is 1.91. The van der Waals surface area contributed by atoms with Crippen LogP contribution in [0.25, 0.3) is 0 Å². The van der Waals surface area contributed by atoms with Crippen molar-refractivity contribution in [3.05, 3.63) is 11.8 Å². The fourth-order valence-electron chi connectivity index (χ4n) is 3.07. The first kappa shape index (κ1) is 11.4. The summed E-state index contributed by atoms with van der Waals surface area (Å²) in [5.74, 6) is 0.944. The van der Waals surface area contributed by atoms with Crippen LogP contribution in [-0.4, -0.2) is 17.0 Å². The number of rotatable bonds is 1. The van der Waals surface area contributed by atoms with Crippen molar-refractivity contribution < 1.29 is 14.1 Å². The smallest absolute Gasteiger partial charge is 0.239 e. The molecule has 1 aliphatic heterocycles. The Morgan fingerprint density at radius 1 is 1.28 bits per heavy atom. The second-order valence-electron chi connectivity index (χ2n) is 5.44. The van der Waals surface area contributed by atoms with E-state index in [1.54, 1.807) is 13.0 Å². The molecule has 0 spiro atoms. The zero-order valence-electron chi connectivity index (χ0n) is 10.5. The van der Waals surface area contributed by atoms with Gasteiger partial charge in [0.05, 0.1) is 11.8 Å². The highest BCUT2D eigenvalue weighted by atomic mass is 16.5. The SMILES string of the molecule is Cc1cc(N2C(=O)[C@H]3CC[C@H](C)C[C@@H]3C2=O)no1. The van der Waals surface area contributed by atoms with Crippen molar-refractivity contribution in [2.75, 3.05) is 4.90 Å². The fourth-order valence-corrected chi connectivity index (χ4v) is 3.07. The van der Waals surface area contributed by atoms with Gasteiger partial charge in [-0.15, -0.1) is 0 Å². The van der Waals surface area contributed by atoms with E-state index in [1.165, 1.54) is 4.90 Å². The lowest BCUT2D eigenvalue weighted by molar-refractivity contribution is -0.122. The van der Waals surface area contributed by atoms with Crippen LogP contribution in [0.5, 0.6) is 0 Å². The Balaban J connectivity index is 1.93. The number of nitrogens with zero attached hydrogens (tertiary/aromatic N) is 2. The van der Waals surface area contributed by atoms with Gasteiger partial charge in [0.25, 0.3) is 0 Å². The molecule has 5 heteroatoms. The monoisotopic (exact) mass is 248 g/mol. The van der Waals surface area contributed by atoms with Gasteiger partial charge in [0.1, 0.15) is 5.76 Å². The van der Waals surface area contributed by atoms with E-state index in [4.69, 9.17) is 4.52 Å². The number of fused-ring (bicyclic) bond motifs is 1. The summed E-state index contributed by atoms with van der Waals surface area (Å²) in [4.78, 5) is 25.8. The van der Waals surface area contributed by atoms with E-state index >= 15 is 0 Å². The molecule has 1 saturated carbocycles. The number of hydrogen-bond donors (Lipinski definition) is 0. The van der Waals surface area contributed by atoms with Crippen LogP contribution in [0.2, 0.25) is 0 Å². The number of amides is 2. The van der Waals surface area contributed by atoms with Gasteiger partial charge < -0.3 is 4.52 Å². The molecule has 2 fully saturated rings. The Labute approximate surface area is 105 Å². The Morgan fingerprint density at radius 3 is 2.67 bits per heavy atom. The van der Waals surface area contributed by atoms with Crippen LogP contribution in [-0.2, 0) is 9.59 Å². The first-order chi connectivity index (χ1) is 8.58. The molecule has 5 nitrogen and oxygen atoms in total. The van der Waals surface area contributed by atoms with E-state index in [0.717, 1.165) is 19.3 Å². The van der Waals surface area contributed by atoms with Gasteiger partial charge >= 0.3 is 0 Å². The van der Waals surface area contributed by atoms with Gasteiger partial charge in [-0.2, -0.15) is 0 Å². The van der Waals surface area contributed by atoms with Gasteiger partial charge in [-0.1, -0.05) is 12.1 Å². The minimum absolute atomic E-state index is 0.106. The second kappa shape index (κ2) is 3.93. The molecule has 0 bridgehead atoms. The molecule has 3 rings (SSSR count). The molecular formula is C13H16N2O3. The summed E-state index contributed by atoms with van der Waals surface area (Å²) in [6, 6.07) is 1.64. The molecule has 1 aromatic heterocycles. The number of imide groups is 1. The van der Waals surface area contributed by atoms with Crippen LogP contribution in [0.1, 0.15) is 31.9 Å². The molecule has 0 aromatic carbocycles. The lowest BCUT2D eigenvalue weighted by Gasteiger charge is -2.25. The molecule has 0 N–H and O–H groups in total. The molecule has 2 aliphatic rings. The predicted molar refractivity (Wildman–Crippen MR) is 63.7 cm³/mol. The van der Waals surface area contributed by atoms with Crippen molar-refractivity contribution in [1.82, 2.24) is 5.16 Å². The number of carbonyl (C=O) groups excluding carboxylic acids is 2. The average Bonchev–Trinajstić information content (AvgIpc) is 2.84. The van der Waals surface area contributed by atoms with E-state index < -0.39 is 0 Å². The Bertz CT molecular complexity index is 508.